The molecular formula is C21H26N2O3. The Morgan fingerprint density at radius 1 is 1.23 bits per heavy atom. The first kappa shape index (κ1) is 17.1. The van der Waals surface area contributed by atoms with Crippen molar-refractivity contribution in [2.24, 2.45) is 0 Å². The fourth-order valence-electron chi connectivity index (χ4n) is 4.12. The van der Waals surface area contributed by atoms with Crippen LogP contribution in [0, 0.1) is 0 Å². The second-order valence-corrected chi connectivity index (χ2v) is 7.30. The van der Waals surface area contributed by atoms with E-state index in [1.807, 2.05) is 4.57 Å². The normalized spacial score (nSPS) is 19.8. The molecule has 138 valence electrons. The molecule has 0 radical (unpaired) electrons. The van der Waals surface area contributed by atoms with Crippen LogP contribution in [0.2, 0.25) is 0 Å². The molecule has 2 aliphatic rings. The Hall–Kier alpha value is -2.30. The molecule has 2 aromatic rings. The van der Waals surface area contributed by atoms with Gasteiger partial charge in [-0.2, -0.15) is 4.98 Å². The zero-order valence-corrected chi connectivity index (χ0v) is 15.3. The van der Waals surface area contributed by atoms with E-state index >= 15 is 0 Å². The second kappa shape index (κ2) is 7.52. The minimum Gasteiger partial charge on any atom is -0.490 e. The van der Waals surface area contributed by atoms with Gasteiger partial charge < -0.3 is 9.47 Å². The van der Waals surface area contributed by atoms with Crippen LogP contribution in [0.25, 0.3) is 0 Å². The van der Waals surface area contributed by atoms with Crippen molar-refractivity contribution >= 4 is 0 Å². The molecule has 1 aromatic heterocycles. The molecule has 0 saturated heterocycles. The third-order valence-electron chi connectivity index (χ3n) is 5.50. The molecular weight excluding hydrogens is 328 g/mol. The van der Waals surface area contributed by atoms with E-state index in [2.05, 4.69) is 30.1 Å². The lowest BCUT2D eigenvalue weighted by Crippen LogP contribution is -2.23. The smallest absolute Gasteiger partial charge is 0.300 e. The molecule has 1 fully saturated rings. The fraction of sp³-hybridized carbons (Fsp3) is 0.524. The summed E-state index contributed by atoms with van der Waals surface area (Å²) in [6.45, 7) is 3.32. The topological polar surface area (TPSA) is 53.4 Å². The Morgan fingerprint density at radius 2 is 2.08 bits per heavy atom. The van der Waals surface area contributed by atoms with Gasteiger partial charge in [0.2, 0.25) is 0 Å². The van der Waals surface area contributed by atoms with Gasteiger partial charge in [-0.1, -0.05) is 32.3 Å². The van der Waals surface area contributed by atoms with E-state index in [0.717, 1.165) is 12.2 Å². The van der Waals surface area contributed by atoms with E-state index in [1.54, 1.807) is 6.20 Å². The zero-order valence-electron chi connectivity index (χ0n) is 15.3. The summed E-state index contributed by atoms with van der Waals surface area (Å²) >= 11 is 0. The Bertz CT molecular complexity index is 824. The van der Waals surface area contributed by atoms with Gasteiger partial charge in [0.05, 0.1) is 6.54 Å². The van der Waals surface area contributed by atoms with Crippen molar-refractivity contribution in [2.75, 3.05) is 6.61 Å². The highest BCUT2D eigenvalue weighted by Gasteiger charge is 2.24. The van der Waals surface area contributed by atoms with Gasteiger partial charge in [-0.25, -0.2) is 0 Å². The standard InChI is InChI=1S/C21H26N2O3/c1-2-15-12-17(8-9-19(15)16-6-4-3-5-7-16)25-14-18-13-23-11-10-20(24)22-21(23)26-18/h8-12,16,18H,2-7,13-14H2,1H3. The molecule has 26 heavy (non-hydrogen) atoms. The molecule has 1 atom stereocenters. The number of ether oxygens (including phenoxy) is 2. The largest absolute Gasteiger partial charge is 0.490 e. The summed E-state index contributed by atoms with van der Waals surface area (Å²) in [5, 5.41) is 0. The average Bonchev–Trinajstić information content (AvgIpc) is 3.08. The minimum atomic E-state index is -0.274. The number of hydrogen-bond donors (Lipinski definition) is 0. The first-order chi connectivity index (χ1) is 12.7. The van der Waals surface area contributed by atoms with Crippen LogP contribution < -0.4 is 15.0 Å². The van der Waals surface area contributed by atoms with E-state index in [-0.39, 0.29) is 11.7 Å². The summed E-state index contributed by atoms with van der Waals surface area (Å²) in [4.78, 5) is 15.2. The maximum absolute atomic E-state index is 11.3. The van der Waals surface area contributed by atoms with E-state index in [9.17, 15) is 4.79 Å². The molecule has 4 rings (SSSR count). The number of fused-ring (bicyclic) bond motifs is 1. The van der Waals surface area contributed by atoms with Gasteiger partial charge in [0.25, 0.3) is 11.6 Å². The molecule has 1 unspecified atom stereocenters. The third-order valence-corrected chi connectivity index (χ3v) is 5.50. The van der Waals surface area contributed by atoms with Crippen LogP contribution in [0.4, 0.5) is 0 Å². The molecule has 1 saturated carbocycles. The maximum atomic E-state index is 11.3. The molecule has 5 nitrogen and oxygen atoms in total. The first-order valence-electron chi connectivity index (χ1n) is 9.72. The molecule has 0 spiro atoms. The van der Waals surface area contributed by atoms with Gasteiger partial charge in [-0.05, 0) is 48.4 Å². The van der Waals surface area contributed by atoms with E-state index in [4.69, 9.17) is 9.47 Å². The fourth-order valence-corrected chi connectivity index (χ4v) is 4.12. The van der Waals surface area contributed by atoms with Gasteiger partial charge in [0.15, 0.2) is 6.10 Å². The second-order valence-electron chi connectivity index (χ2n) is 7.30. The number of aryl methyl sites for hydroxylation is 1. The highest BCUT2D eigenvalue weighted by Crippen LogP contribution is 2.36. The van der Waals surface area contributed by atoms with Crippen LogP contribution in [0.3, 0.4) is 0 Å². The summed E-state index contributed by atoms with van der Waals surface area (Å²) in [6.07, 6.45) is 9.33. The molecule has 0 bridgehead atoms. The summed E-state index contributed by atoms with van der Waals surface area (Å²) in [7, 11) is 0. The van der Waals surface area contributed by atoms with Crippen LogP contribution in [-0.2, 0) is 13.0 Å². The van der Waals surface area contributed by atoms with Crippen molar-refractivity contribution in [3.63, 3.8) is 0 Å². The molecule has 1 aliphatic heterocycles. The van der Waals surface area contributed by atoms with Crippen LogP contribution in [0.15, 0.2) is 35.3 Å². The van der Waals surface area contributed by atoms with Crippen molar-refractivity contribution in [1.82, 2.24) is 9.55 Å². The zero-order chi connectivity index (χ0) is 17.9. The lowest BCUT2D eigenvalue weighted by Gasteiger charge is -2.24. The van der Waals surface area contributed by atoms with Crippen LogP contribution in [0.1, 0.15) is 56.1 Å². The molecule has 0 N–H and O–H groups in total. The summed E-state index contributed by atoms with van der Waals surface area (Å²) in [6, 6.07) is 8.37. The highest BCUT2D eigenvalue weighted by molar-refractivity contribution is 5.38. The lowest BCUT2D eigenvalue weighted by molar-refractivity contribution is 0.143. The number of rotatable bonds is 5. The van der Waals surface area contributed by atoms with Crippen LogP contribution >= 0.6 is 0 Å². The Balaban J connectivity index is 1.40. The molecule has 2 heterocycles. The number of aromatic nitrogens is 2. The van der Waals surface area contributed by atoms with E-state index in [0.29, 0.717) is 25.1 Å². The first-order valence-corrected chi connectivity index (χ1v) is 9.72. The summed E-state index contributed by atoms with van der Waals surface area (Å²) in [5.74, 6) is 1.60. The summed E-state index contributed by atoms with van der Waals surface area (Å²) in [5.41, 5.74) is 2.63. The predicted molar refractivity (Wildman–Crippen MR) is 100 cm³/mol. The van der Waals surface area contributed by atoms with Crippen molar-refractivity contribution in [3.8, 4) is 11.8 Å². The van der Waals surface area contributed by atoms with Gasteiger partial charge in [0.1, 0.15) is 12.4 Å². The van der Waals surface area contributed by atoms with E-state index in [1.165, 1.54) is 49.3 Å². The summed E-state index contributed by atoms with van der Waals surface area (Å²) < 4.78 is 13.6. The minimum absolute atomic E-state index is 0.118. The number of hydrogen-bond acceptors (Lipinski definition) is 4. The number of benzene rings is 1. The average molecular weight is 354 g/mol. The Morgan fingerprint density at radius 3 is 2.88 bits per heavy atom. The Labute approximate surface area is 154 Å². The highest BCUT2D eigenvalue weighted by atomic mass is 16.6. The van der Waals surface area contributed by atoms with Crippen molar-refractivity contribution in [1.29, 1.82) is 0 Å². The number of nitrogens with zero attached hydrogens (tertiary/aromatic N) is 2. The van der Waals surface area contributed by atoms with Crippen LogP contribution in [-0.4, -0.2) is 22.3 Å². The molecule has 1 aromatic carbocycles. The van der Waals surface area contributed by atoms with Crippen LogP contribution in [0.5, 0.6) is 11.8 Å². The monoisotopic (exact) mass is 354 g/mol. The lowest BCUT2D eigenvalue weighted by atomic mass is 9.81. The molecule has 5 heteroatoms. The van der Waals surface area contributed by atoms with Gasteiger partial charge in [-0.15, -0.1) is 0 Å². The predicted octanol–water partition coefficient (Wildman–Crippen LogP) is 3.69. The van der Waals surface area contributed by atoms with Crippen molar-refractivity contribution < 1.29 is 9.47 Å². The van der Waals surface area contributed by atoms with E-state index < -0.39 is 0 Å². The molecule has 0 amide bonds. The van der Waals surface area contributed by atoms with Gasteiger partial charge >= 0.3 is 0 Å². The maximum Gasteiger partial charge on any atom is 0.300 e. The third kappa shape index (κ3) is 3.62. The van der Waals surface area contributed by atoms with Gasteiger partial charge in [-0.3, -0.25) is 9.36 Å². The Kier molecular flexibility index (Phi) is 4.96. The van der Waals surface area contributed by atoms with Gasteiger partial charge in [0, 0.05) is 12.3 Å². The molecule has 1 aliphatic carbocycles. The SMILES string of the molecule is CCc1cc(OCC2Cn3ccc(=O)nc3O2)ccc1C1CCCCC1. The van der Waals surface area contributed by atoms with Crippen molar-refractivity contribution in [3.05, 3.63) is 51.9 Å². The quantitative estimate of drug-likeness (QED) is 0.822. The van der Waals surface area contributed by atoms with Crippen molar-refractivity contribution in [2.45, 2.75) is 64.0 Å².